The Morgan fingerprint density at radius 2 is 2.06 bits per heavy atom. The van der Waals surface area contributed by atoms with Gasteiger partial charge in [-0.05, 0) is 12.1 Å². The average molecular weight is 236 g/mol. The molecule has 1 aromatic heterocycles. The third-order valence-electron chi connectivity index (χ3n) is 2.35. The van der Waals surface area contributed by atoms with Gasteiger partial charge in [-0.2, -0.15) is 12.6 Å². The lowest BCUT2D eigenvalue weighted by atomic mass is 10.2. The van der Waals surface area contributed by atoms with E-state index < -0.39 is 0 Å². The highest BCUT2D eigenvalue weighted by atomic mass is 32.1. The van der Waals surface area contributed by atoms with Crippen LogP contribution in [0.15, 0.2) is 33.9 Å². The maximum absolute atomic E-state index is 11.7. The molecule has 0 aliphatic rings. The molecular weight excluding hydrogens is 224 g/mol. The van der Waals surface area contributed by atoms with Crippen LogP contribution in [0.3, 0.4) is 0 Å². The zero-order valence-electron chi connectivity index (χ0n) is 8.80. The van der Waals surface area contributed by atoms with Gasteiger partial charge in [0.15, 0.2) is 0 Å². The maximum Gasteiger partial charge on any atom is 0.328 e. The molecule has 0 bridgehead atoms. The van der Waals surface area contributed by atoms with E-state index >= 15 is 0 Å². The number of nitrogens with zero attached hydrogens (tertiary/aromatic N) is 1. The molecule has 0 unspecified atom stereocenters. The smallest absolute Gasteiger partial charge is 0.292 e. The van der Waals surface area contributed by atoms with Crippen molar-refractivity contribution in [2.45, 2.75) is 18.7 Å². The fourth-order valence-electron chi connectivity index (χ4n) is 1.69. The number of para-hydroxylation sites is 1. The lowest BCUT2D eigenvalue weighted by Gasteiger charge is -2.10. The van der Waals surface area contributed by atoms with Crippen LogP contribution in [0.4, 0.5) is 0 Å². The molecule has 1 N–H and O–H groups in total. The van der Waals surface area contributed by atoms with Crippen LogP contribution in [0.5, 0.6) is 0 Å². The van der Waals surface area contributed by atoms with Crippen molar-refractivity contribution in [2.24, 2.45) is 0 Å². The van der Waals surface area contributed by atoms with Crippen LogP contribution >= 0.6 is 12.6 Å². The van der Waals surface area contributed by atoms with Crippen LogP contribution in [-0.4, -0.2) is 14.8 Å². The van der Waals surface area contributed by atoms with Crippen LogP contribution in [0.25, 0.3) is 10.9 Å². The number of hydrogen-bond acceptors (Lipinski definition) is 3. The Morgan fingerprint density at radius 1 is 1.38 bits per heavy atom. The number of nitrogens with one attached hydrogen (secondary N) is 1. The first-order valence-corrected chi connectivity index (χ1v) is 5.51. The summed E-state index contributed by atoms with van der Waals surface area (Å²) < 4.78 is 1.54. The van der Waals surface area contributed by atoms with Gasteiger partial charge in [0, 0.05) is 11.8 Å². The van der Waals surface area contributed by atoms with Crippen LogP contribution in [0, 0.1) is 0 Å². The molecule has 0 amide bonds. The summed E-state index contributed by atoms with van der Waals surface area (Å²) in [5, 5.41) is 0.572. The molecule has 1 aromatic carbocycles. The molecule has 0 fully saturated rings. The highest BCUT2D eigenvalue weighted by molar-refractivity contribution is 7.80. The molecule has 2 aromatic rings. The number of aromatic amines is 1. The van der Waals surface area contributed by atoms with Crippen molar-refractivity contribution in [2.75, 3.05) is 0 Å². The summed E-state index contributed by atoms with van der Waals surface area (Å²) in [7, 11) is 0. The fourth-order valence-corrected chi connectivity index (χ4v) is 1.85. The highest BCUT2D eigenvalue weighted by Crippen LogP contribution is 2.08. The second-order valence-corrected chi connectivity index (χ2v) is 4.62. The van der Waals surface area contributed by atoms with E-state index in [-0.39, 0.29) is 16.5 Å². The van der Waals surface area contributed by atoms with Crippen LogP contribution in [-0.2, 0) is 6.54 Å². The summed E-state index contributed by atoms with van der Waals surface area (Å²) in [6, 6.07) is 7.05. The van der Waals surface area contributed by atoms with Gasteiger partial charge >= 0.3 is 5.69 Å². The van der Waals surface area contributed by atoms with Gasteiger partial charge in [-0.15, -0.1) is 0 Å². The van der Waals surface area contributed by atoms with Gasteiger partial charge in [0.1, 0.15) is 0 Å². The van der Waals surface area contributed by atoms with E-state index in [4.69, 9.17) is 0 Å². The summed E-state index contributed by atoms with van der Waals surface area (Å²) in [6.07, 6.45) is 0. The number of aromatic nitrogens is 2. The quantitative estimate of drug-likeness (QED) is 0.765. The molecule has 0 aliphatic carbocycles. The Hall–Kier alpha value is -1.49. The van der Waals surface area contributed by atoms with E-state index in [1.807, 2.05) is 6.92 Å². The zero-order valence-corrected chi connectivity index (χ0v) is 9.70. The molecule has 84 valence electrons. The Bertz CT molecular complexity index is 628. The van der Waals surface area contributed by atoms with E-state index in [0.717, 1.165) is 0 Å². The largest absolute Gasteiger partial charge is 0.328 e. The van der Waals surface area contributed by atoms with E-state index in [0.29, 0.717) is 17.4 Å². The first-order valence-electron chi connectivity index (χ1n) is 4.99. The van der Waals surface area contributed by atoms with E-state index in [9.17, 15) is 9.59 Å². The molecule has 2 rings (SSSR count). The minimum atomic E-state index is -0.385. The van der Waals surface area contributed by atoms with Crippen molar-refractivity contribution >= 4 is 23.5 Å². The SMILES string of the molecule is C[C@@H](S)Cn1c(=O)[nH]c(=O)c2ccccc21. The summed E-state index contributed by atoms with van der Waals surface area (Å²) in [4.78, 5) is 25.5. The van der Waals surface area contributed by atoms with Crippen LogP contribution < -0.4 is 11.2 Å². The third-order valence-corrected chi connectivity index (χ3v) is 2.52. The molecule has 0 aliphatic heterocycles. The topological polar surface area (TPSA) is 54.9 Å². The van der Waals surface area contributed by atoms with Gasteiger partial charge in [0.25, 0.3) is 5.56 Å². The predicted molar refractivity (Wildman–Crippen MR) is 67.3 cm³/mol. The molecule has 5 heteroatoms. The molecule has 0 saturated heterocycles. The number of fused-ring (bicyclic) bond motifs is 1. The third kappa shape index (κ3) is 1.90. The summed E-state index contributed by atoms with van der Waals surface area (Å²) >= 11 is 4.26. The molecule has 0 saturated carbocycles. The average Bonchev–Trinajstić information content (AvgIpc) is 2.24. The number of rotatable bonds is 2. The maximum atomic E-state index is 11.7. The molecule has 1 atom stereocenters. The number of H-pyrrole nitrogens is 1. The van der Waals surface area contributed by atoms with Gasteiger partial charge in [-0.25, -0.2) is 4.79 Å². The monoisotopic (exact) mass is 236 g/mol. The second kappa shape index (κ2) is 4.17. The van der Waals surface area contributed by atoms with Crippen molar-refractivity contribution in [1.29, 1.82) is 0 Å². The molecule has 1 heterocycles. The molecular formula is C11H12N2O2S. The zero-order chi connectivity index (χ0) is 11.7. The van der Waals surface area contributed by atoms with E-state index in [2.05, 4.69) is 17.6 Å². The first-order chi connectivity index (χ1) is 7.59. The van der Waals surface area contributed by atoms with Gasteiger partial charge < -0.3 is 0 Å². The second-order valence-electron chi connectivity index (χ2n) is 3.74. The molecule has 16 heavy (non-hydrogen) atoms. The Kier molecular flexibility index (Phi) is 2.87. The van der Waals surface area contributed by atoms with Crippen LogP contribution in [0.1, 0.15) is 6.92 Å². The lowest BCUT2D eigenvalue weighted by Crippen LogP contribution is -2.32. The van der Waals surface area contributed by atoms with Crippen molar-refractivity contribution in [1.82, 2.24) is 9.55 Å². The minimum Gasteiger partial charge on any atom is -0.292 e. The number of benzene rings is 1. The van der Waals surface area contributed by atoms with Crippen molar-refractivity contribution in [3.05, 3.63) is 45.1 Å². The normalized spacial score (nSPS) is 12.9. The van der Waals surface area contributed by atoms with Gasteiger partial charge in [-0.1, -0.05) is 19.1 Å². The first kappa shape index (κ1) is 11.0. The standard InChI is InChI=1S/C11H12N2O2S/c1-7(16)6-13-9-5-3-2-4-8(9)10(14)12-11(13)15/h2-5,7,16H,6H2,1H3,(H,12,14,15)/t7-/m1/s1. The van der Waals surface area contributed by atoms with Gasteiger partial charge in [-0.3, -0.25) is 14.3 Å². The van der Waals surface area contributed by atoms with Crippen molar-refractivity contribution in [3.8, 4) is 0 Å². The number of thiol groups is 1. The minimum absolute atomic E-state index is 0.0482. The molecule has 0 radical (unpaired) electrons. The van der Waals surface area contributed by atoms with Crippen molar-refractivity contribution in [3.63, 3.8) is 0 Å². The van der Waals surface area contributed by atoms with Crippen LogP contribution in [0.2, 0.25) is 0 Å². The Labute approximate surface area is 97.3 Å². The summed E-state index contributed by atoms with van der Waals surface area (Å²) in [5.41, 5.74) is -0.0783. The number of hydrogen-bond donors (Lipinski definition) is 2. The summed E-state index contributed by atoms with van der Waals surface area (Å²) in [6.45, 7) is 2.37. The predicted octanol–water partition coefficient (Wildman–Crippen LogP) is 1.01. The van der Waals surface area contributed by atoms with Gasteiger partial charge in [0.2, 0.25) is 0 Å². The Balaban J connectivity index is 2.82. The molecule has 0 spiro atoms. The van der Waals surface area contributed by atoms with E-state index in [1.54, 1.807) is 24.3 Å². The highest BCUT2D eigenvalue weighted by Gasteiger charge is 2.07. The molecule has 4 nitrogen and oxygen atoms in total. The van der Waals surface area contributed by atoms with Gasteiger partial charge in [0.05, 0.1) is 10.9 Å². The van der Waals surface area contributed by atoms with Crippen molar-refractivity contribution < 1.29 is 0 Å². The van der Waals surface area contributed by atoms with E-state index in [1.165, 1.54) is 4.57 Å². The fraction of sp³-hybridized carbons (Fsp3) is 0.273. The Morgan fingerprint density at radius 3 is 2.75 bits per heavy atom. The summed E-state index contributed by atoms with van der Waals surface area (Å²) in [5.74, 6) is 0. The lowest BCUT2D eigenvalue weighted by molar-refractivity contribution is 0.671.